The Bertz CT molecular complexity index is 641. The minimum atomic E-state index is 0. The van der Waals surface area contributed by atoms with E-state index in [0.29, 0.717) is 0 Å². The van der Waals surface area contributed by atoms with E-state index in [1.54, 1.807) is 11.3 Å². The van der Waals surface area contributed by atoms with Gasteiger partial charge in [-0.3, -0.25) is 4.40 Å². The van der Waals surface area contributed by atoms with Crippen LogP contribution in [0.2, 0.25) is 0 Å². The zero-order valence-electron chi connectivity index (χ0n) is 9.75. The zero-order valence-corrected chi connectivity index (χ0v) is 11.4. The Hall–Kier alpha value is -1.10. The molecule has 0 atom stereocenters. The fourth-order valence-electron chi connectivity index (χ4n) is 1.97. The van der Waals surface area contributed by atoms with Crippen molar-refractivity contribution in [3.63, 3.8) is 0 Å². The number of hydrogen-bond donors (Lipinski definition) is 0. The number of halogens is 1. The van der Waals surface area contributed by atoms with Gasteiger partial charge in [-0.1, -0.05) is 12.1 Å². The molecule has 17 heavy (non-hydrogen) atoms. The maximum Gasteiger partial charge on any atom is 0.194 e. The largest absolute Gasteiger partial charge is 0.304 e. The summed E-state index contributed by atoms with van der Waals surface area (Å²) in [7, 11) is 4.17. The monoisotopic (exact) mass is 267 g/mol. The van der Waals surface area contributed by atoms with E-state index in [0.717, 1.165) is 17.0 Å². The predicted octanol–water partition coefficient (Wildman–Crippen LogP) is 3.03. The zero-order chi connectivity index (χ0) is 11.1. The average Bonchev–Trinajstić information content (AvgIpc) is 2.77. The van der Waals surface area contributed by atoms with Gasteiger partial charge < -0.3 is 4.90 Å². The first-order chi connectivity index (χ1) is 7.75. The molecule has 0 aliphatic carbocycles. The van der Waals surface area contributed by atoms with Crippen molar-refractivity contribution in [1.82, 2.24) is 14.3 Å². The van der Waals surface area contributed by atoms with Gasteiger partial charge in [0.15, 0.2) is 4.96 Å². The summed E-state index contributed by atoms with van der Waals surface area (Å²) >= 11 is 1.71. The van der Waals surface area contributed by atoms with Crippen molar-refractivity contribution in [1.29, 1.82) is 0 Å². The highest BCUT2D eigenvalue weighted by atomic mass is 35.5. The van der Waals surface area contributed by atoms with Crippen molar-refractivity contribution in [2.45, 2.75) is 6.54 Å². The number of aromatic nitrogens is 2. The van der Waals surface area contributed by atoms with Gasteiger partial charge in [0.1, 0.15) is 0 Å². The molecule has 0 saturated heterocycles. The van der Waals surface area contributed by atoms with Crippen molar-refractivity contribution in [2.75, 3.05) is 14.1 Å². The van der Waals surface area contributed by atoms with Gasteiger partial charge in [0.2, 0.25) is 0 Å². The van der Waals surface area contributed by atoms with Gasteiger partial charge in [-0.15, -0.1) is 23.7 Å². The first-order valence-corrected chi connectivity index (χ1v) is 6.12. The lowest BCUT2D eigenvalue weighted by molar-refractivity contribution is 0.396. The second-order valence-electron chi connectivity index (χ2n) is 4.18. The Kier molecular flexibility index (Phi) is 3.38. The van der Waals surface area contributed by atoms with Crippen LogP contribution in [-0.2, 0) is 6.54 Å². The molecular formula is C12H14ClN3S. The molecule has 0 unspecified atom stereocenters. The summed E-state index contributed by atoms with van der Waals surface area (Å²) in [6.45, 7) is 0.945. The number of thiazole rings is 1. The molecular weight excluding hydrogens is 254 g/mol. The summed E-state index contributed by atoms with van der Waals surface area (Å²) < 4.78 is 2.25. The first-order valence-electron chi connectivity index (χ1n) is 5.24. The van der Waals surface area contributed by atoms with Crippen molar-refractivity contribution in [2.24, 2.45) is 0 Å². The molecule has 2 heterocycles. The van der Waals surface area contributed by atoms with Gasteiger partial charge in [0.05, 0.1) is 11.0 Å². The van der Waals surface area contributed by atoms with Crippen LogP contribution < -0.4 is 0 Å². The van der Waals surface area contributed by atoms with Crippen molar-refractivity contribution >= 4 is 39.7 Å². The van der Waals surface area contributed by atoms with Crippen LogP contribution in [0.15, 0.2) is 29.6 Å². The molecule has 2 aromatic heterocycles. The minimum Gasteiger partial charge on any atom is -0.304 e. The number of imidazole rings is 1. The summed E-state index contributed by atoms with van der Waals surface area (Å²) in [6.07, 6.45) is 0. The molecule has 0 amide bonds. The molecule has 0 fully saturated rings. The molecule has 90 valence electrons. The fourth-order valence-corrected chi connectivity index (χ4v) is 2.86. The summed E-state index contributed by atoms with van der Waals surface area (Å²) in [6, 6.07) is 8.29. The van der Waals surface area contributed by atoms with Gasteiger partial charge in [-0.2, -0.15) is 0 Å². The molecule has 0 aliphatic heterocycles. The number of hydrogen-bond acceptors (Lipinski definition) is 3. The third kappa shape index (κ3) is 2.04. The lowest BCUT2D eigenvalue weighted by Gasteiger charge is -2.08. The predicted molar refractivity (Wildman–Crippen MR) is 75.2 cm³/mol. The number of benzene rings is 1. The maximum absolute atomic E-state index is 4.61. The van der Waals surface area contributed by atoms with Crippen LogP contribution >= 0.6 is 23.7 Å². The van der Waals surface area contributed by atoms with Crippen molar-refractivity contribution < 1.29 is 0 Å². The lowest BCUT2D eigenvalue weighted by Crippen LogP contribution is -2.12. The highest BCUT2D eigenvalue weighted by molar-refractivity contribution is 7.15. The molecule has 3 aromatic rings. The van der Waals surface area contributed by atoms with Gasteiger partial charge in [0, 0.05) is 17.6 Å². The summed E-state index contributed by atoms with van der Waals surface area (Å²) in [4.78, 5) is 7.86. The standard InChI is InChI=1S/C12H13N3S.ClH/c1-14(2)7-9-8-16-12-13-10-5-3-4-6-11(10)15(9)12;/h3-6,8H,7H2,1-2H3;1H. The van der Waals surface area contributed by atoms with Crippen LogP contribution in [0.25, 0.3) is 16.0 Å². The molecule has 0 bridgehead atoms. The summed E-state index contributed by atoms with van der Waals surface area (Å²) in [5, 5.41) is 2.19. The van der Waals surface area contributed by atoms with E-state index in [1.807, 2.05) is 6.07 Å². The van der Waals surface area contributed by atoms with Crippen molar-refractivity contribution in [3.05, 3.63) is 35.3 Å². The van der Waals surface area contributed by atoms with Crippen LogP contribution in [-0.4, -0.2) is 28.4 Å². The Morgan fingerprint density at radius 2 is 2.06 bits per heavy atom. The van der Waals surface area contributed by atoms with E-state index in [9.17, 15) is 0 Å². The van der Waals surface area contributed by atoms with E-state index in [1.165, 1.54) is 11.2 Å². The molecule has 5 heteroatoms. The van der Waals surface area contributed by atoms with E-state index < -0.39 is 0 Å². The Balaban J connectivity index is 0.00000108. The molecule has 0 radical (unpaired) electrons. The number of rotatable bonds is 2. The van der Waals surface area contributed by atoms with E-state index in [4.69, 9.17) is 0 Å². The summed E-state index contributed by atoms with van der Waals surface area (Å²) in [5.41, 5.74) is 3.59. The molecule has 0 spiro atoms. The number of fused-ring (bicyclic) bond motifs is 3. The first kappa shape index (κ1) is 12.4. The van der Waals surface area contributed by atoms with Gasteiger partial charge in [-0.25, -0.2) is 4.98 Å². The second kappa shape index (κ2) is 4.64. The van der Waals surface area contributed by atoms with E-state index in [-0.39, 0.29) is 12.4 Å². The van der Waals surface area contributed by atoms with E-state index >= 15 is 0 Å². The third-order valence-electron chi connectivity index (χ3n) is 2.60. The molecule has 3 rings (SSSR count). The topological polar surface area (TPSA) is 20.5 Å². The third-order valence-corrected chi connectivity index (χ3v) is 3.47. The van der Waals surface area contributed by atoms with E-state index in [2.05, 4.69) is 52.0 Å². The number of para-hydroxylation sites is 2. The van der Waals surface area contributed by atoms with Gasteiger partial charge in [-0.05, 0) is 26.2 Å². The normalized spacial score (nSPS) is 11.2. The quantitative estimate of drug-likeness (QED) is 0.711. The fraction of sp³-hybridized carbons (Fsp3) is 0.250. The highest BCUT2D eigenvalue weighted by Crippen LogP contribution is 2.23. The maximum atomic E-state index is 4.61. The van der Waals surface area contributed by atoms with Crippen LogP contribution in [0.3, 0.4) is 0 Å². The van der Waals surface area contributed by atoms with Gasteiger partial charge in [0.25, 0.3) is 0 Å². The minimum absolute atomic E-state index is 0. The van der Waals surface area contributed by atoms with Gasteiger partial charge >= 0.3 is 0 Å². The molecule has 0 aliphatic rings. The Labute approximate surface area is 110 Å². The second-order valence-corrected chi connectivity index (χ2v) is 5.02. The van der Waals surface area contributed by atoms with Crippen LogP contribution in [0.5, 0.6) is 0 Å². The van der Waals surface area contributed by atoms with Crippen LogP contribution in [0.4, 0.5) is 0 Å². The molecule has 1 aromatic carbocycles. The smallest absolute Gasteiger partial charge is 0.194 e. The SMILES string of the molecule is CN(C)Cc1csc2nc3ccccc3n12.Cl. The molecule has 0 saturated carbocycles. The lowest BCUT2D eigenvalue weighted by atomic mass is 10.3. The van der Waals surface area contributed by atoms with Crippen molar-refractivity contribution in [3.8, 4) is 0 Å². The average molecular weight is 268 g/mol. The van der Waals surface area contributed by atoms with Crippen LogP contribution in [0.1, 0.15) is 5.69 Å². The number of nitrogens with zero attached hydrogens (tertiary/aromatic N) is 3. The Morgan fingerprint density at radius 1 is 1.29 bits per heavy atom. The molecule has 3 nitrogen and oxygen atoms in total. The highest BCUT2D eigenvalue weighted by Gasteiger charge is 2.10. The molecule has 0 N–H and O–H groups in total. The summed E-state index contributed by atoms with van der Waals surface area (Å²) in [5.74, 6) is 0. The van der Waals surface area contributed by atoms with Crippen LogP contribution in [0, 0.1) is 0 Å². The Morgan fingerprint density at radius 3 is 2.82 bits per heavy atom.